The van der Waals surface area contributed by atoms with E-state index in [4.69, 9.17) is 9.97 Å². The van der Waals surface area contributed by atoms with Crippen LogP contribution < -0.4 is 4.90 Å². The monoisotopic (exact) mass is 420 g/mol. The summed E-state index contributed by atoms with van der Waals surface area (Å²) in [5.74, 6) is 2.01. The zero-order chi connectivity index (χ0) is 22.0. The maximum atomic E-state index is 12.8. The van der Waals surface area contributed by atoms with Crippen molar-refractivity contribution in [3.63, 3.8) is 0 Å². The van der Waals surface area contributed by atoms with Gasteiger partial charge in [0.05, 0.1) is 0 Å². The Morgan fingerprint density at radius 3 is 2.81 bits per heavy atom. The molecule has 2 aliphatic rings. The second kappa shape index (κ2) is 9.16. The molecule has 3 heterocycles. The largest absolute Gasteiger partial charge is 0.342 e. The molecule has 4 rings (SSSR count). The molecule has 1 aromatic carbocycles. The molecule has 0 aliphatic carbocycles. The fourth-order valence-electron chi connectivity index (χ4n) is 4.76. The first-order chi connectivity index (χ1) is 15.0. The van der Waals surface area contributed by atoms with Crippen LogP contribution in [0.3, 0.4) is 0 Å². The third-order valence-corrected chi connectivity index (χ3v) is 6.50. The third kappa shape index (κ3) is 4.63. The number of rotatable bonds is 5. The first-order valence-corrected chi connectivity index (χ1v) is 11.5. The Morgan fingerprint density at radius 2 is 2.03 bits per heavy atom. The molecule has 6 nitrogen and oxygen atoms in total. The number of aryl methyl sites for hydroxylation is 2. The van der Waals surface area contributed by atoms with Crippen LogP contribution in [0.25, 0.3) is 0 Å². The van der Waals surface area contributed by atoms with Crippen molar-refractivity contribution in [1.82, 2.24) is 14.9 Å². The normalized spacial score (nSPS) is 18.8. The number of hydrogen-bond donors (Lipinski definition) is 0. The average molecular weight is 421 g/mol. The highest BCUT2D eigenvalue weighted by Gasteiger charge is 2.31. The van der Waals surface area contributed by atoms with Crippen LogP contribution in [0.2, 0.25) is 0 Å². The van der Waals surface area contributed by atoms with Gasteiger partial charge in [0, 0.05) is 49.7 Å². The number of anilines is 1. The maximum absolute atomic E-state index is 12.8. The number of benzene rings is 1. The number of piperidine rings is 1. The average Bonchev–Trinajstić information content (AvgIpc) is 2.78. The van der Waals surface area contributed by atoms with Gasteiger partial charge in [0.1, 0.15) is 11.6 Å². The first-order valence-electron chi connectivity index (χ1n) is 11.5. The quantitative estimate of drug-likeness (QED) is 0.739. The number of carbonyl (C=O) groups excluding carboxylic acids is 2. The molecule has 1 fully saturated rings. The van der Waals surface area contributed by atoms with E-state index in [1.165, 1.54) is 11.1 Å². The number of aromatic nitrogens is 2. The second-order valence-corrected chi connectivity index (χ2v) is 8.79. The van der Waals surface area contributed by atoms with Gasteiger partial charge in [-0.05, 0) is 45.1 Å². The van der Waals surface area contributed by atoms with Gasteiger partial charge in [-0.1, -0.05) is 36.8 Å². The van der Waals surface area contributed by atoms with E-state index in [2.05, 4.69) is 31.2 Å². The maximum Gasteiger partial charge on any atom is 0.228 e. The van der Waals surface area contributed by atoms with E-state index in [0.717, 1.165) is 48.7 Å². The molecule has 1 aromatic heterocycles. The Kier molecular flexibility index (Phi) is 6.35. The van der Waals surface area contributed by atoms with Crippen LogP contribution in [0, 0.1) is 13.8 Å². The van der Waals surface area contributed by atoms with Crippen molar-refractivity contribution in [2.24, 2.45) is 0 Å². The molecule has 164 valence electrons. The summed E-state index contributed by atoms with van der Waals surface area (Å²) in [5.41, 5.74) is 4.51. The van der Waals surface area contributed by atoms with Crippen LogP contribution in [-0.2, 0) is 22.4 Å². The van der Waals surface area contributed by atoms with Crippen molar-refractivity contribution in [3.05, 3.63) is 52.5 Å². The Labute approximate surface area is 184 Å². The summed E-state index contributed by atoms with van der Waals surface area (Å²) in [5, 5.41) is 0. The Hall–Kier alpha value is -2.76. The summed E-state index contributed by atoms with van der Waals surface area (Å²) in [6.45, 7) is 8.12. The molecule has 0 unspecified atom stereocenters. The molecule has 2 aromatic rings. The molecular formula is C25H32N4O2. The lowest BCUT2D eigenvalue weighted by atomic mass is 9.95. The summed E-state index contributed by atoms with van der Waals surface area (Å²) in [6.07, 6.45) is 4.47. The topological polar surface area (TPSA) is 66.4 Å². The zero-order valence-electron chi connectivity index (χ0n) is 18.9. The van der Waals surface area contributed by atoms with Gasteiger partial charge in [-0.15, -0.1) is 0 Å². The van der Waals surface area contributed by atoms with Crippen LogP contribution in [0.1, 0.15) is 66.7 Å². The summed E-state index contributed by atoms with van der Waals surface area (Å²) in [6, 6.07) is 8.44. The van der Waals surface area contributed by atoms with Gasteiger partial charge in [-0.2, -0.15) is 0 Å². The van der Waals surface area contributed by atoms with Crippen molar-refractivity contribution in [2.45, 2.75) is 65.2 Å². The number of amides is 2. The Bertz CT molecular complexity index is 987. The standard InChI is InChI=1S/C25H32N4O2/c1-4-22(30)28-13-6-9-20(16-28)24-26-18(3)21-10-11-23(31)29(25(21)27-24)14-12-19-8-5-7-17(2)15-19/h5,7-8,15,20H,4,6,9-14,16H2,1-3H3/t20-/m0/s1. The third-order valence-electron chi connectivity index (χ3n) is 6.50. The lowest BCUT2D eigenvalue weighted by molar-refractivity contribution is -0.132. The fraction of sp³-hybridized carbons (Fsp3) is 0.520. The lowest BCUT2D eigenvalue weighted by Gasteiger charge is -2.34. The highest BCUT2D eigenvalue weighted by molar-refractivity contribution is 5.95. The molecule has 0 N–H and O–H groups in total. The SMILES string of the molecule is CCC(=O)N1CCC[C@H](c2nc(C)c3c(n2)N(CCc2cccc(C)c2)C(=O)CC3)C1. The molecule has 2 amide bonds. The highest BCUT2D eigenvalue weighted by atomic mass is 16.2. The van der Waals surface area contributed by atoms with Gasteiger partial charge >= 0.3 is 0 Å². The van der Waals surface area contributed by atoms with Crippen LogP contribution >= 0.6 is 0 Å². The Morgan fingerprint density at radius 1 is 1.19 bits per heavy atom. The zero-order valence-corrected chi connectivity index (χ0v) is 18.9. The van der Waals surface area contributed by atoms with E-state index >= 15 is 0 Å². The minimum Gasteiger partial charge on any atom is -0.342 e. The highest BCUT2D eigenvalue weighted by Crippen LogP contribution is 2.32. The van der Waals surface area contributed by atoms with Gasteiger partial charge in [-0.3, -0.25) is 14.5 Å². The van der Waals surface area contributed by atoms with Crippen molar-refractivity contribution in [2.75, 3.05) is 24.5 Å². The molecule has 1 atom stereocenters. The number of carbonyl (C=O) groups is 2. The van der Waals surface area contributed by atoms with Gasteiger partial charge < -0.3 is 4.90 Å². The molecule has 0 bridgehead atoms. The van der Waals surface area contributed by atoms with Crippen molar-refractivity contribution < 1.29 is 9.59 Å². The minimum atomic E-state index is 0.129. The smallest absolute Gasteiger partial charge is 0.228 e. The number of nitrogens with zero attached hydrogens (tertiary/aromatic N) is 4. The van der Waals surface area contributed by atoms with Crippen LogP contribution in [0.15, 0.2) is 24.3 Å². The minimum absolute atomic E-state index is 0.129. The van der Waals surface area contributed by atoms with Crippen molar-refractivity contribution >= 4 is 17.6 Å². The molecule has 31 heavy (non-hydrogen) atoms. The molecular weight excluding hydrogens is 388 g/mol. The molecule has 0 saturated carbocycles. The first kappa shape index (κ1) is 21.5. The van der Waals surface area contributed by atoms with Crippen molar-refractivity contribution in [3.8, 4) is 0 Å². The van der Waals surface area contributed by atoms with Gasteiger partial charge in [-0.25, -0.2) is 9.97 Å². The van der Waals surface area contributed by atoms with E-state index in [1.54, 1.807) is 0 Å². The Balaban J connectivity index is 1.59. The molecule has 1 saturated heterocycles. The lowest BCUT2D eigenvalue weighted by Crippen LogP contribution is -2.40. The van der Waals surface area contributed by atoms with E-state index in [9.17, 15) is 9.59 Å². The van der Waals surface area contributed by atoms with E-state index in [1.807, 2.05) is 23.6 Å². The van der Waals surface area contributed by atoms with Gasteiger partial charge in [0.15, 0.2) is 0 Å². The molecule has 0 radical (unpaired) electrons. The second-order valence-electron chi connectivity index (χ2n) is 8.79. The van der Waals surface area contributed by atoms with Crippen LogP contribution in [0.4, 0.5) is 5.82 Å². The van der Waals surface area contributed by atoms with Crippen LogP contribution in [-0.4, -0.2) is 46.3 Å². The van der Waals surface area contributed by atoms with E-state index in [-0.39, 0.29) is 17.7 Å². The van der Waals surface area contributed by atoms with Gasteiger partial charge in [0.25, 0.3) is 0 Å². The molecule has 6 heteroatoms. The summed E-state index contributed by atoms with van der Waals surface area (Å²) in [4.78, 5) is 38.6. The molecule has 0 spiro atoms. The predicted octanol–water partition coefficient (Wildman–Crippen LogP) is 3.73. The van der Waals surface area contributed by atoms with Gasteiger partial charge in [0.2, 0.25) is 11.8 Å². The van der Waals surface area contributed by atoms with Crippen LogP contribution in [0.5, 0.6) is 0 Å². The molecule has 2 aliphatic heterocycles. The predicted molar refractivity (Wildman–Crippen MR) is 121 cm³/mol. The number of likely N-dealkylation sites (tertiary alicyclic amines) is 1. The van der Waals surface area contributed by atoms with E-state index < -0.39 is 0 Å². The number of hydrogen-bond acceptors (Lipinski definition) is 4. The summed E-state index contributed by atoms with van der Waals surface area (Å²) in [7, 11) is 0. The van der Waals surface area contributed by atoms with Crippen molar-refractivity contribution in [1.29, 1.82) is 0 Å². The summed E-state index contributed by atoms with van der Waals surface area (Å²) < 4.78 is 0. The van der Waals surface area contributed by atoms with E-state index in [0.29, 0.717) is 32.4 Å². The number of fused-ring (bicyclic) bond motifs is 1. The summed E-state index contributed by atoms with van der Waals surface area (Å²) >= 11 is 0. The fourth-order valence-corrected chi connectivity index (χ4v) is 4.76.